The van der Waals surface area contributed by atoms with E-state index in [9.17, 15) is 23.2 Å². The molecule has 4 N–H and O–H groups in total. The lowest BCUT2D eigenvalue weighted by Gasteiger charge is -2.21. The van der Waals surface area contributed by atoms with E-state index >= 15 is 0 Å². The van der Waals surface area contributed by atoms with Crippen molar-refractivity contribution in [2.24, 2.45) is 0 Å². The second kappa shape index (κ2) is 14.2. The summed E-state index contributed by atoms with van der Waals surface area (Å²) in [5.74, 6) is -4.17. The molecule has 11 nitrogen and oxygen atoms in total. The van der Waals surface area contributed by atoms with Crippen molar-refractivity contribution in [3.05, 3.63) is 94.7 Å². The second-order valence-electron chi connectivity index (χ2n) is 10.1. The van der Waals surface area contributed by atoms with Crippen molar-refractivity contribution < 1.29 is 37.4 Å². The van der Waals surface area contributed by atoms with Crippen LogP contribution in [-0.4, -0.2) is 86.5 Å². The van der Waals surface area contributed by atoms with Gasteiger partial charge in [0.05, 0.1) is 43.6 Å². The predicted octanol–water partition coefficient (Wildman–Crippen LogP) is 2.61. The third-order valence-electron chi connectivity index (χ3n) is 7.16. The molecule has 230 valence electrons. The van der Waals surface area contributed by atoms with E-state index < -0.39 is 34.9 Å². The van der Waals surface area contributed by atoms with Crippen LogP contribution in [-0.2, 0) is 9.47 Å². The standard InChI is InChI=1S/C31H31F2N5O6/c1-42-10-11-43-12-13-44-26-9-8-22(32)28(33)27(26)29(39)18-2-4-19(5-3-18)30(40)36-24-16-34-17-25(24)37-31(41)20-6-7-21-15-35-38-23(21)14-20/h2-9,14-15,24-25,34H,10-13,16-17H2,1H3,(H,35,38)(H,36,40)(H,37,41)/t24-,25+/m1/s1. The highest BCUT2D eigenvalue weighted by Crippen LogP contribution is 2.27. The van der Waals surface area contributed by atoms with Crippen LogP contribution in [0.25, 0.3) is 10.9 Å². The molecule has 0 radical (unpaired) electrons. The number of hydrogen-bond donors (Lipinski definition) is 4. The number of fused-ring (bicyclic) bond motifs is 1. The maximum atomic E-state index is 14.8. The summed E-state index contributed by atoms with van der Waals surface area (Å²) in [6.07, 6.45) is 1.67. The van der Waals surface area contributed by atoms with Crippen LogP contribution < -0.4 is 20.7 Å². The number of carbonyl (C=O) groups is 3. The summed E-state index contributed by atoms with van der Waals surface area (Å²) in [5, 5.41) is 16.7. The van der Waals surface area contributed by atoms with E-state index in [1.54, 1.807) is 24.4 Å². The van der Waals surface area contributed by atoms with Gasteiger partial charge in [-0.1, -0.05) is 18.2 Å². The Labute approximate surface area is 251 Å². The molecule has 13 heteroatoms. The molecular weight excluding hydrogens is 576 g/mol. The Morgan fingerprint density at radius 2 is 1.52 bits per heavy atom. The average Bonchev–Trinajstić information content (AvgIpc) is 3.69. The van der Waals surface area contributed by atoms with E-state index in [-0.39, 0.29) is 42.0 Å². The van der Waals surface area contributed by atoms with Crippen molar-refractivity contribution in [3.8, 4) is 5.75 Å². The van der Waals surface area contributed by atoms with Gasteiger partial charge in [-0.05, 0) is 36.4 Å². The number of aromatic nitrogens is 2. The van der Waals surface area contributed by atoms with Gasteiger partial charge in [0.1, 0.15) is 17.9 Å². The molecule has 1 saturated heterocycles. The van der Waals surface area contributed by atoms with Crippen LogP contribution in [0.1, 0.15) is 36.6 Å². The van der Waals surface area contributed by atoms with Crippen LogP contribution in [0.4, 0.5) is 8.78 Å². The van der Waals surface area contributed by atoms with Gasteiger partial charge >= 0.3 is 0 Å². The summed E-state index contributed by atoms with van der Waals surface area (Å²) in [6, 6.07) is 12.1. The number of benzene rings is 3. The van der Waals surface area contributed by atoms with E-state index in [0.717, 1.165) is 17.0 Å². The maximum Gasteiger partial charge on any atom is 0.251 e. The number of methoxy groups -OCH3 is 1. The van der Waals surface area contributed by atoms with Crippen molar-refractivity contribution in [3.63, 3.8) is 0 Å². The normalized spacial score (nSPS) is 16.2. The molecule has 3 aromatic carbocycles. The number of ether oxygens (including phenoxy) is 3. The van der Waals surface area contributed by atoms with Crippen LogP contribution in [0.3, 0.4) is 0 Å². The van der Waals surface area contributed by atoms with Crippen LogP contribution >= 0.6 is 0 Å². The lowest BCUT2D eigenvalue weighted by molar-refractivity contribution is 0.0541. The van der Waals surface area contributed by atoms with Crippen molar-refractivity contribution in [1.82, 2.24) is 26.1 Å². The van der Waals surface area contributed by atoms with Gasteiger partial charge in [0.2, 0.25) is 0 Å². The summed E-state index contributed by atoms with van der Waals surface area (Å²) < 4.78 is 44.6. The van der Waals surface area contributed by atoms with Crippen LogP contribution in [0, 0.1) is 11.6 Å². The molecule has 5 rings (SSSR count). The van der Waals surface area contributed by atoms with Crippen molar-refractivity contribution >= 4 is 28.5 Å². The van der Waals surface area contributed by atoms with Gasteiger partial charge in [-0.15, -0.1) is 0 Å². The zero-order valence-electron chi connectivity index (χ0n) is 23.8. The zero-order chi connectivity index (χ0) is 31.1. The molecule has 2 amide bonds. The van der Waals surface area contributed by atoms with Crippen LogP contribution in [0.5, 0.6) is 5.75 Å². The molecule has 44 heavy (non-hydrogen) atoms. The first-order chi connectivity index (χ1) is 21.4. The van der Waals surface area contributed by atoms with E-state index in [1.807, 2.05) is 0 Å². The summed E-state index contributed by atoms with van der Waals surface area (Å²) in [6.45, 7) is 1.78. The predicted molar refractivity (Wildman–Crippen MR) is 156 cm³/mol. The Hall–Kier alpha value is -4.72. The van der Waals surface area contributed by atoms with Crippen molar-refractivity contribution in [1.29, 1.82) is 0 Å². The van der Waals surface area contributed by atoms with E-state index in [2.05, 4.69) is 26.1 Å². The van der Waals surface area contributed by atoms with Crippen molar-refractivity contribution in [2.45, 2.75) is 12.1 Å². The Kier molecular flexibility index (Phi) is 9.89. The lowest BCUT2D eigenvalue weighted by Crippen LogP contribution is -2.51. The van der Waals surface area contributed by atoms with E-state index in [0.29, 0.717) is 31.9 Å². The molecule has 2 atom stereocenters. The number of nitrogens with zero attached hydrogens (tertiary/aromatic N) is 1. The largest absolute Gasteiger partial charge is 0.490 e. The van der Waals surface area contributed by atoms with Crippen LogP contribution in [0.2, 0.25) is 0 Å². The van der Waals surface area contributed by atoms with Crippen molar-refractivity contribution in [2.75, 3.05) is 46.6 Å². The summed E-state index contributed by atoms with van der Waals surface area (Å²) in [4.78, 5) is 39.1. The highest BCUT2D eigenvalue weighted by atomic mass is 19.2. The van der Waals surface area contributed by atoms with Gasteiger partial charge in [0.15, 0.2) is 17.4 Å². The van der Waals surface area contributed by atoms with E-state index in [1.165, 1.54) is 37.4 Å². The molecule has 1 fully saturated rings. The number of halogens is 2. The first kappa shape index (κ1) is 30.7. The molecule has 1 aliphatic heterocycles. The Bertz CT molecular complexity index is 1640. The maximum absolute atomic E-state index is 14.8. The quantitative estimate of drug-likeness (QED) is 0.134. The average molecular weight is 608 g/mol. The fourth-order valence-corrected chi connectivity index (χ4v) is 4.80. The molecule has 0 spiro atoms. The monoisotopic (exact) mass is 607 g/mol. The fraction of sp³-hybridized carbons (Fsp3) is 0.290. The number of nitrogens with one attached hydrogen (secondary N) is 4. The summed E-state index contributed by atoms with van der Waals surface area (Å²) in [5.41, 5.74) is 0.919. The number of aromatic amines is 1. The molecule has 0 unspecified atom stereocenters. The van der Waals surface area contributed by atoms with Gasteiger partial charge in [0, 0.05) is 42.3 Å². The first-order valence-corrected chi connectivity index (χ1v) is 13.9. The van der Waals surface area contributed by atoms with Gasteiger partial charge in [0.25, 0.3) is 11.8 Å². The SMILES string of the molecule is COCCOCCOc1ccc(F)c(F)c1C(=O)c1ccc(C(=O)N[C@@H]2CNC[C@@H]2NC(=O)c2ccc3cn[nH]c3c2)cc1. The van der Waals surface area contributed by atoms with Gasteiger partial charge in [-0.2, -0.15) is 5.10 Å². The van der Waals surface area contributed by atoms with Crippen LogP contribution in [0.15, 0.2) is 60.8 Å². The molecule has 0 aliphatic carbocycles. The smallest absolute Gasteiger partial charge is 0.251 e. The molecule has 1 aromatic heterocycles. The molecule has 4 aromatic rings. The highest BCUT2D eigenvalue weighted by Gasteiger charge is 2.30. The number of amides is 2. The molecule has 1 aliphatic rings. The minimum absolute atomic E-state index is 0.00509. The van der Waals surface area contributed by atoms with Gasteiger partial charge in [-0.25, -0.2) is 8.78 Å². The summed E-state index contributed by atoms with van der Waals surface area (Å²) >= 11 is 0. The first-order valence-electron chi connectivity index (χ1n) is 13.9. The minimum Gasteiger partial charge on any atom is -0.490 e. The third kappa shape index (κ3) is 7.08. The topological polar surface area (TPSA) is 144 Å². The molecule has 0 bridgehead atoms. The highest BCUT2D eigenvalue weighted by molar-refractivity contribution is 6.11. The summed E-state index contributed by atoms with van der Waals surface area (Å²) in [7, 11) is 1.54. The Morgan fingerprint density at radius 1 is 0.864 bits per heavy atom. The number of ketones is 1. The van der Waals surface area contributed by atoms with Gasteiger partial charge in [-0.3, -0.25) is 19.5 Å². The zero-order valence-corrected chi connectivity index (χ0v) is 23.8. The number of H-pyrrole nitrogens is 1. The Balaban J connectivity index is 1.21. The van der Waals surface area contributed by atoms with E-state index in [4.69, 9.17) is 14.2 Å². The Morgan fingerprint density at radius 3 is 2.25 bits per heavy atom. The fourth-order valence-electron chi connectivity index (χ4n) is 4.80. The third-order valence-corrected chi connectivity index (χ3v) is 7.16. The minimum atomic E-state index is -1.33. The lowest BCUT2D eigenvalue weighted by atomic mass is 10.00. The molecular formula is C31H31F2N5O6. The second-order valence-corrected chi connectivity index (χ2v) is 10.1. The van der Waals surface area contributed by atoms with Gasteiger partial charge < -0.3 is 30.2 Å². The number of carbonyl (C=O) groups excluding carboxylic acids is 3. The number of hydrogen-bond acceptors (Lipinski definition) is 8. The number of rotatable bonds is 13. The molecule has 2 heterocycles. The molecule has 0 saturated carbocycles.